The second kappa shape index (κ2) is 6.94. The summed E-state index contributed by atoms with van der Waals surface area (Å²) in [6.07, 6.45) is 4.75. The average Bonchev–Trinajstić information content (AvgIpc) is 3.32. The molecule has 0 heterocycles. The molecule has 0 atom stereocenters. The Balaban J connectivity index is 0.000000963. The SMILES string of the molecule is Br.Br.C1=c2ccccc2=c2ccc3c(c21)c1c(c2ccccc23)C=c2ccccc2=1. The van der Waals surface area contributed by atoms with E-state index in [1.807, 2.05) is 0 Å². The third-order valence-electron chi connectivity index (χ3n) is 6.35. The van der Waals surface area contributed by atoms with Crippen LogP contribution in [0.4, 0.5) is 0 Å². The highest BCUT2D eigenvalue weighted by molar-refractivity contribution is 8.93. The van der Waals surface area contributed by atoms with E-state index in [1.165, 1.54) is 64.0 Å². The average molecular weight is 514 g/mol. The molecule has 0 amide bonds. The monoisotopic (exact) mass is 512 g/mol. The summed E-state index contributed by atoms with van der Waals surface area (Å²) in [5.74, 6) is 0. The van der Waals surface area contributed by atoms with Crippen molar-refractivity contribution in [3.8, 4) is 0 Å². The molecule has 5 aromatic carbocycles. The lowest BCUT2D eigenvalue weighted by atomic mass is 9.92. The maximum absolute atomic E-state index is 2.38. The Bertz CT molecular complexity index is 1820. The number of benzene rings is 5. The van der Waals surface area contributed by atoms with Crippen LogP contribution in [0, 0.1) is 20.9 Å². The minimum absolute atomic E-state index is 0. The molecular weight excluding hydrogens is 496 g/mol. The van der Waals surface area contributed by atoms with Gasteiger partial charge in [0.15, 0.2) is 0 Å². The van der Waals surface area contributed by atoms with E-state index in [1.54, 1.807) is 0 Å². The van der Waals surface area contributed by atoms with Gasteiger partial charge in [-0.05, 0) is 76.1 Å². The summed E-state index contributed by atoms with van der Waals surface area (Å²) in [6.45, 7) is 0. The number of rotatable bonds is 0. The van der Waals surface area contributed by atoms with Crippen LogP contribution in [-0.4, -0.2) is 0 Å². The van der Waals surface area contributed by atoms with Gasteiger partial charge < -0.3 is 0 Å². The van der Waals surface area contributed by atoms with Crippen LogP contribution >= 0.6 is 34.0 Å². The summed E-state index contributed by atoms with van der Waals surface area (Å²) < 4.78 is 0. The molecule has 0 aromatic heterocycles. The fraction of sp³-hybridized carbons (Fsp3) is 0. The molecule has 0 fully saturated rings. The molecule has 144 valence electrons. The van der Waals surface area contributed by atoms with Crippen molar-refractivity contribution in [2.75, 3.05) is 0 Å². The molecule has 2 aliphatic rings. The Kier molecular flexibility index (Phi) is 4.46. The van der Waals surface area contributed by atoms with Crippen molar-refractivity contribution in [2.45, 2.75) is 0 Å². The standard InChI is InChI=1S/C28H16.2BrH/c1-3-9-19-17(7-1)15-26-23(19)13-14-24-21-11-5-6-12-22(21)25-16-18-8-2-4-10-20(18)27(25)28(24)26;;/h1-16H;2*1H. The third kappa shape index (κ3) is 2.38. The Hall–Kier alpha value is -2.68. The summed E-state index contributed by atoms with van der Waals surface area (Å²) in [4.78, 5) is 0. The molecule has 0 nitrogen and oxygen atoms in total. The highest BCUT2D eigenvalue weighted by Gasteiger charge is 2.16. The molecule has 0 unspecified atom stereocenters. The quantitative estimate of drug-likeness (QED) is 0.218. The predicted octanol–water partition coefficient (Wildman–Crippen LogP) is 6.01. The van der Waals surface area contributed by atoms with Crippen molar-refractivity contribution in [3.05, 3.63) is 127 Å². The van der Waals surface area contributed by atoms with E-state index in [0.29, 0.717) is 0 Å². The van der Waals surface area contributed by atoms with Crippen LogP contribution in [0.15, 0.2) is 84.9 Å². The molecule has 0 saturated carbocycles. The van der Waals surface area contributed by atoms with Crippen LogP contribution in [0.2, 0.25) is 0 Å². The van der Waals surface area contributed by atoms with E-state index in [-0.39, 0.29) is 34.0 Å². The summed E-state index contributed by atoms with van der Waals surface area (Å²) in [5, 5.41) is 13.5. The Morgan fingerprint density at radius 1 is 0.400 bits per heavy atom. The van der Waals surface area contributed by atoms with Gasteiger partial charge in [-0.1, -0.05) is 84.9 Å². The first-order valence-electron chi connectivity index (χ1n) is 9.80. The van der Waals surface area contributed by atoms with Crippen molar-refractivity contribution < 1.29 is 0 Å². The predicted molar refractivity (Wildman–Crippen MR) is 137 cm³/mol. The first-order valence-corrected chi connectivity index (χ1v) is 9.80. The van der Waals surface area contributed by atoms with Gasteiger partial charge in [-0.15, -0.1) is 34.0 Å². The molecule has 0 bridgehead atoms. The van der Waals surface area contributed by atoms with Crippen molar-refractivity contribution in [1.29, 1.82) is 0 Å². The van der Waals surface area contributed by atoms with Crippen molar-refractivity contribution in [2.24, 2.45) is 0 Å². The highest BCUT2D eigenvalue weighted by Crippen LogP contribution is 2.35. The van der Waals surface area contributed by atoms with Crippen LogP contribution in [0.25, 0.3) is 33.7 Å². The van der Waals surface area contributed by atoms with E-state index in [2.05, 4.69) is 97.1 Å². The molecule has 0 radical (unpaired) electrons. The second-order valence-electron chi connectivity index (χ2n) is 7.75. The first kappa shape index (κ1) is 19.3. The summed E-state index contributed by atoms with van der Waals surface area (Å²) >= 11 is 0. The van der Waals surface area contributed by atoms with Crippen LogP contribution in [0.3, 0.4) is 0 Å². The van der Waals surface area contributed by atoms with Gasteiger partial charge in [-0.25, -0.2) is 0 Å². The molecule has 2 heteroatoms. The zero-order valence-electron chi connectivity index (χ0n) is 16.1. The smallest absolute Gasteiger partial charge is 0.00137 e. The fourth-order valence-electron chi connectivity index (χ4n) is 5.18. The molecule has 2 aliphatic carbocycles. The van der Waals surface area contributed by atoms with E-state index in [9.17, 15) is 0 Å². The number of hydrogen-bond donors (Lipinski definition) is 0. The molecule has 0 saturated heterocycles. The largest absolute Gasteiger partial charge is 0.114 e. The van der Waals surface area contributed by atoms with Gasteiger partial charge in [-0.3, -0.25) is 0 Å². The van der Waals surface area contributed by atoms with Gasteiger partial charge >= 0.3 is 0 Å². The summed E-state index contributed by atoms with van der Waals surface area (Å²) in [5.41, 5.74) is 2.73. The van der Waals surface area contributed by atoms with E-state index < -0.39 is 0 Å². The van der Waals surface area contributed by atoms with Gasteiger partial charge in [-0.2, -0.15) is 0 Å². The van der Waals surface area contributed by atoms with Gasteiger partial charge in [0.05, 0.1) is 0 Å². The topological polar surface area (TPSA) is 0 Å². The second-order valence-corrected chi connectivity index (χ2v) is 7.75. The first-order chi connectivity index (χ1) is 13.9. The molecule has 5 aromatic rings. The zero-order chi connectivity index (χ0) is 18.2. The van der Waals surface area contributed by atoms with Gasteiger partial charge in [0.2, 0.25) is 0 Å². The Morgan fingerprint density at radius 2 is 1.00 bits per heavy atom. The fourth-order valence-corrected chi connectivity index (χ4v) is 5.18. The van der Waals surface area contributed by atoms with Crippen LogP contribution in [-0.2, 0) is 0 Å². The minimum Gasteiger partial charge on any atom is -0.114 e. The van der Waals surface area contributed by atoms with Gasteiger partial charge in [0.1, 0.15) is 0 Å². The summed E-state index contributed by atoms with van der Waals surface area (Å²) in [7, 11) is 0. The zero-order valence-corrected chi connectivity index (χ0v) is 19.5. The lowest BCUT2D eigenvalue weighted by molar-refractivity contribution is 1.48. The number of fused-ring (bicyclic) bond motifs is 10. The molecule has 0 spiro atoms. The van der Waals surface area contributed by atoms with Crippen molar-refractivity contribution in [1.82, 2.24) is 0 Å². The molecule has 30 heavy (non-hydrogen) atoms. The third-order valence-corrected chi connectivity index (χ3v) is 6.35. The molecule has 0 aliphatic heterocycles. The normalized spacial score (nSPS) is 12.0. The van der Waals surface area contributed by atoms with E-state index >= 15 is 0 Å². The van der Waals surface area contributed by atoms with Crippen molar-refractivity contribution in [3.63, 3.8) is 0 Å². The minimum atomic E-state index is 0. The Labute approximate surface area is 194 Å². The molecule has 0 N–H and O–H groups in total. The maximum atomic E-state index is 2.38. The number of hydrogen-bond acceptors (Lipinski definition) is 0. The summed E-state index contributed by atoms with van der Waals surface area (Å²) in [6, 6.07) is 31.0. The highest BCUT2D eigenvalue weighted by atomic mass is 79.9. The molecular formula is C28H18Br2. The van der Waals surface area contributed by atoms with Crippen LogP contribution in [0.1, 0.15) is 11.1 Å². The number of halogens is 2. The van der Waals surface area contributed by atoms with Gasteiger partial charge in [0.25, 0.3) is 0 Å². The van der Waals surface area contributed by atoms with Crippen LogP contribution < -0.4 is 10.4 Å². The lowest BCUT2D eigenvalue weighted by Gasteiger charge is -2.11. The molecule has 7 rings (SSSR count). The van der Waals surface area contributed by atoms with E-state index in [0.717, 1.165) is 0 Å². The maximum Gasteiger partial charge on any atom is -0.00137 e. The van der Waals surface area contributed by atoms with Crippen LogP contribution in [0.5, 0.6) is 0 Å². The van der Waals surface area contributed by atoms with Crippen molar-refractivity contribution >= 4 is 67.7 Å². The van der Waals surface area contributed by atoms with Gasteiger partial charge in [0, 0.05) is 0 Å². The van der Waals surface area contributed by atoms with E-state index in [4.69, 9.17) is 0 Å². The lowest BCUT2D eigenvalue weighted by Crippen LogP contribution is -1.97. The Morgan fingerprint density at radius 3 is 1.80 bits per heavy atom.